The molecule has 0 N–H and O–H groups in total. The number of esters is 1. The highest BCUT2D eigenvalue weighted by molar-refractivity contribution is 5.69. The van der Waals surface area contributed by atoms with Gasteiger partial charge in [-0.1, -0.05) is 6.07 Å². The Bertz CT molecular complexity index is 397. The summed E-state index contributed by atoms with van der Waals surface area (Å²) in [6.45, 7) is 8.69. The van der Waals surface area contributed by atoms with Crippen molar-refractivity contribution < 1.29 is 14.3 Å². The summed E-state index contributed by atoms with van der Waals surface area (Å²) in [6, 6.07) is 4.11. The average Bonchev–Trinajstić information content (AvgIpc) is 2.25. The summed E-state index contributed by atoms with van der Waals surface area (Å²) < 4.78 is 10.5. The van der Waals surface area contributed by atoms with Crippen LogP contribution in [0.1, 0.15) is 30.0 Å². The van der Waals surface area contributed by atoms with E-state index in [9.17, 15) is 4.79 Å². The number of hydrogen-bond donors (Lipinski definition) is 0. The molecule has 17 heavy (non-hydrogen) atoms. The quantitative estimate of drug-likeness (QED) is 0.737. The van der Waals surface area contributed by atoms with Crippen LogP contribution in [0.25, 0.3) is 0 Å². The first-order valence-corrected chi connectivity index (χ1v) is 5.91. The normalized spacial score (nSPS) is 10.1. The first-order chi connectivity index (χ1) is 8.04. The lowest BCUT2D eigenvalue weighted by Gasteiger charge is -2.12. The largest absolute Gasteiger partial charge is 0.493 e. The smallest absolute Gasteiger partial charge is 0.309 e. The molecule has 0 aliphatic rings. The Morgan fingerprint density at radius 1 is 1.24 bits per heavy atom. The molecule has 0 unspecified atom stereocenters. The molecule has 0 bridgehead atoms. The van der Waals surface area contributed by atoms with Crippen LogP contribution in [0.15, 0.2) is 12.1 Å². The Hall–Kier alpha value is -1.51. The Morgan fingerprint density at radius 2 is 1.94 bits per heavy atom. The molecule has 3 heteroatoms. The lowest BCUT2D eigenvalue weighted by molar-refractivity contribution is -0.143. The Morgan fingerprint density at radius 3 is 2.59 bits per heavy atom. The van der Waals surface area contributed by atoms with Gasteiger partial charge >= 0.3 is 5.97 Å². The molecule has 1 aromatic carbocycles. The van der Waals surface area contributed by atoms with Crippen molar-refractivity contribution >= 4 is 5.97 Å². The van der Waals surface area contributed by atoms with Crippen molar-refractivity contribution in [2.75, 3.05) is 13.2 Å². The topological polar surface area (TPSA) is 35.5 Å². The third-order valence-electron chi connectivity index (χ3n) is 2.63. The van der Waals surface area contributed by atoms with Crippen molar-refractivity contribution in [1.29, 1.82) is 0 Å². The Labute approximate surface area is 103 Å². The van der Waals surface area contributed by atoms with E-state index < -0.39 is 0 Å². The van der Waals surface area contributed by atoms with Crippen molar-refractivity contribution in [3.05, 3.63) is 28.8 Å². The van der Waals surface area contributed by atoms with Gasteiger partial charge in [0.2, 0.25) is 0 Å². The van der Waals surface area contributed by atoms with Crippen LogP contribution < -0.4 is 4.74 Å². The van der Waals surface area contributed by atoms with Gasteiger partial charge in [0.1, 0.15) is 5.75 Å². The molecule has 1 aromatic rings. The fraction of sp³-hybridized carbons (Fsp3) is 0.500. The molecule has 0 fully saturated rings. The van der Waals surface area contributed by atoms with Crippen molar-refractivity contribution in [3.8, 4) is 5.75 Å². The average molecular weight is 236 g/mol. The van der Waals surface area contributed by atoms with Crippen LogP contribution in [-0.4, -0.2) is 19.2 Å². The minimum Gasteiger partial charge on any atom is -0.493 e. The van der Waals surface area contributed by atoms with E-state index in [0.29, 0.717) is 19.6 Å². The molecular weight excluding hydrogens is 216 g/mol. The first-order valence-electron chi connectivity index (χ1n) is 5.91. The summed E-state index contributed by atoms with van der Waals surface area (Å²) in [5, 5.41) is 0. The van der Waals surface area contributed by atoms with E-state index in [2.05, 4.69) is 13.0 Å². The number of benzene rings is 1. The molecule has 0 atom stereocenters. The van der Waals surface area contributed by atoms with Gasteiger partial charge in [-0.3, -0.25) is 4.79 Å². The van der Waals surface area contributed by atoms with Gasteiger partial charge in [-0.05, 0) is 50.5 Å². The van der Waals surface area contributed by atoms with Crippen LogP contribution in [0.3, 0.4) is 0 Å². The molecule has 1 rings (SSSR count). The highest BCUT2D eigenvalue weighted by Crippen LogP contribution is 2.23. The lowest BCUT2D eigenvalue weighted by Crippen LogP contribution is -2.10. The molecule has 0 spiro atoms. The molecule has 0 heterocycles. The summed E-state index contributed by atoms with van der Waals surface area (Å²) in [6.07, 6.45) is 0.292. The van der Waals surface area contributed by atoms with Crippen molar-refractivity contribution in [2.45, 2.75) is 34.1 Å². The summed E-state index contributed by atoms with van der Waals surface area (Å²) >= 11 is 0. The number of aryl methyl sites for hydroxylation is 2. The third kappa shape index (κ3) is 4.10. The van der Waals surface area contributed by atoms with E-state index in [-0.39, 0.29) is 5.97 Å². The first kappa shape index (κ1) is 13.6. The predicted octanol–water partition coefficient (Wildman–Crippen LogP) is 2.94. The van der Waals surface area contributed by atoms with E-state index in [1.165, 1.54) is 11.1 Å². The third-order valence-corrected chi connectivity index (χ3v) is 2.63. The van der Waals surface area contributed by atoms with Crippen molar-refractivity contribution in [1.82, 2.24) is 0 Å². The van der Waals surface area contributed by atoms with E-state index in [1.54, 1.807) is 6.92 Å². The maximum atomic E-state index is 11.1. The van der Waals surface area contributed by atoms with Gasteiger partial charge in [0.25, 0.3) is 0 Å². The summed E-state index contributed by atoms with van der Waals surface area (Å²) in [7, 11) is 0. The van der Waals surface area contributed by atoms with Crippen LogP contribution in [0.4, 0.5) is 0 Å². The summed E-state index contributed by atoms with van der Waals surface area (Å²) in [5.41, 5.74) is 3.50. The molecule has 0 saturated heterocycles. The number of rotatable bonds is 5. The van der Waals surface area contributed by atoms with Crippen LogP contribution in [0.5, 0.6) is 5.75 Å². The molecule has 94 valence electrons. The van der Waals surface area contributed by atoms with Crippen LogP contribution in [-0.2, 0) is 9.53 Å². The maximum absolute atomic E-state index is 11.1. The van der Waals surface area contributed by atoms with Crippen LogP contribution in [0, 0.1) is 20.8 Å². The minimum atomic E-state index is -0.213. The lowest BCUT2D eigenvalue weighted by atomic mass is 10.1. The molecule has 0 saturated carbocycles. The second kappa shape index (κ2) is 6.28. The maximum Gasteiger partial charge on any atom is 0.309 e. The number of carbonyl (C=O) groups excluding carboxylic acids is 1. The van der Waals surface area contributed by atoms with Crippen molar-refractivity contribution in [3.63, 3.8) is 0 Å². The molecule has 0 aromatic heterocycles. The van der Waals surface area contributed by atoms with E-state index >= 15 is 0 Å². The number of carbonyl (C=O) groups is 1. The molecular formula is C14H20O3. The van der Waals surface area contributed by atoms with Gasteiger partial charge in [0.05, 0.1) is 19.6 Å². The monoisotopic (exact) mass is 236 g/mol. The van der Waals surface area contributed by atoms with E-state index in [1.807, 2.05) is 19.9 Å². The highest BCUT2D eigenvalue weighted by Gasteiger charge is 2.06. The van der Waals surface area contributed by atoms with Crippen LogP contribution in [0.2, 0.25) is 0 Å². The standard InChI is InChI=1S/C14H20O3/c1-5-16-14(15)6-7-17-13-9-10(2)8-11(3)12(13)4/h8-9H,5-7H2,1-4H3. The predicted molar refractivity (Wildman–Crippen MR) is 67.4 cm³/mol. The molecule has 3 nitrogen and oxygen atoms in total. The zero-order valence-electron chi connectivity index (χ0n) is 11.0. The molecule has 0 aliphatic carbocycles. The second-order valence-electron chi connectivity index (χ2n) is 4.11. The number of hydrogen-bond acceptors (Lipinski definition) is 3. The van der Waals surface area contributed by atoms with Gasteiger partial charge < -0.3 is 9.47 Å². The van der Waals surface area contributed by atoms with Gasteiger partial charge in [-0.15, -0.1) is 0 Å². The van der Waals surface area contributed by atoms with E-state index in [0.717, 1.165) is 11.3 Å². The number of ether oxygens (including phenoxy) is 2. The zero-order valence-corrected chi connectivity index (χ0v) is 11.0. The van der Waals surface area contributed by atoms with Crippen molar-refractivity contribution in [2.24, 2.45) is 0 Å². The fourth-order valence-electron chi connectivity index (χ4n) is 1.63. The Balaban J connectivity index is 2.55. The Kier molecular flexibility index (Phi) is 5.01. The zero-order chi connectivity index (χ0) is 12.8. The minimum absolute atomic E-state index is 0.213. The highest BCUT2D eigenvalue weighted by atomic mass is 16.5. The van der Waals surface area contributed by atoms with Gasteiger partial charge in [-0.2, -0.15) is 0 Å². The molecule has 0 aliphatic heterocycles. The fourth-order valence-corrected chi connectivity index (χ4v) is 1.63. The molecule has 0 amide bonds. The second-order valence-corrected chi connectivity index (χ2v) is 4.11. The van der Waals surface area contributed by atoms with Gasteiger partial charge in [0, 0.05) is 0 Å². The van der Waals surface area contributed by atoms with E-state index in [4.69, 9.17) is 9.47 Å². The summed E-state index contributed by atoms with van der Waals surface area (Å²) in [5.74, 6) is 0.640. The van der Waals surface area contributed by atoms with Gasteiger partial charge in [0.15, 0.2) is 0 Å². The van der Waals surface area contributed by atoms with Gasteiger partial charge in [-0.25, -0.2) is 0 Å². The SMILES string of the molecule is CCOC(=O)CCOc1cc(C)cc(C)c1C. The summed E-state index contributed by atoms with van der Waals surface area (Å²) in [4.78, 5) is 11.1. The van der Waals surface area contributed by atoms with Crippen LogP contribution >= 0.6 is 0 Å². The molecule has 0 radical (unpaired) electrons.